The molecule has 1 aliphatic heterocycles. The Labute approximate surface area is 154 Å². The van der Waals surface area contributed by atoms with E-state index in [-0.39, 0.29) is 11.9 Å². The summed E-state index contributed by atoms with van der Waals surface area (Å²) in [6, 6.07) is 13.2. The SMILES string of the molecule is C[C@H]1c2nc(-c3ccccc3)nn2CCN1C(=O)c1ccc2nnnn2c1. The van der Waals surface area contributed by atoms with Crippen molar-refractivity contribution in [1.29, 1.82) is 0 Å². The van der Waals surface area contributed by atoms with Crippen LogP contribution in [0.15, 0.2) is 48.7 Å². The van der Waals surface area contributed by atoms with Gasteiger partial charge in [-0.3, -0.25) is 4.79 Å². The standard InChI is InChI=1S/C18H16N8O/c1-12-17-19-16(13-5-3-2-4-6-13)21-25(17)10-9-24(12)18(27)14-7-8-15-20-22-23-26(15)11-14/h2-8,11-12H,9-10H2,1H3/t12-/m0/s1. The van der Waals surface area contributed by atoms with Gasteiger partial charge in [0.1, 0.15) is 5.82 Å². The highest BCUT2D eigenvalue weighted by atomic mass is 16.2. The maximum absolute atomic E-state index is 13.0. The van der Waals surface area contributed by atoms with Gasteiger partial charge in [0.2, 0.25) is 0 Å². The second kappa shape index (κ2) is 5.97. The quantitative estimate of drug-likeness (QED) is 0.539. The fraction of sp³-hybridized carbons (Fsp3) is 0.222. The first kappa shape index (κ1) is 15.6. The van der Waals surface area contributed by atoms with Crippen molar-refractivity contribution in [2.75, 3.05) is 6.54 Å². The van der Waals surface area contributed by atoms with Crippen molar-refractivity contribution < 1.29 is 4.79 Å². The summed E-state index contributed by atoms with van der Waals surface area (Å²) in [5, 5.41) is 15.9. The van der Waals surface area contributed by atoms with Crippen molar-refractivity contribution >= 4 is 11.6 Å². The first-order chi connectivity index (χ1) is 13.2. The van der Waals surface area contributed by atoms with Crippen molar-refractivity contribution in [3.05, 3.63) is 60.0 Å². The Morgan fingerprint density at radius 1 is 1.11 bits per heavy atom. The number of nitrogens with zero attached hydrogens (tertiary/aromatic N) is 8. The summed E-state index contributed by atoms with van der Waals surface area (Å²) in [7, 11) is 0. The Morgan fingerprint density at radius 3 is 2.81 bits per heavy atom. The molecule has 1 atom stereocenters. The Morgan fingerprint density at radius 2 is 1.96 bits per heavy atom. The molecule has 0 saturated heterocycles. The summed E-state index contributed by atoms with van der Waals surface area (Å²) in [4.78, 5) is 19.5. The van der Waals surface area contributed by atoms with Crippen molar-refractivity contribution in [2.45, 2.75) is 19.5 Å². The van der Waals surface area contributed by atoms with Crippen LogP contribution < -0.4 is 0 Å². The first-order valence-electron chi connectivity index (χ1n) is 8.69. The normalized spacial score (nSPS) is 16.5. The van der Waals surface area contributed by atoms with Crippen LogP contribution in [-0.2, 0) is 6.54 Å². The van der Waals surface area contributed by atoms with Crippen molar-refractivity contribution in [2.24, 2.45) is 0 Å². The molecule has 27 heavy (non-hydrogen) atoms. The number of pyridine rings is 1. The van der Waals surface area contributed by atoms with Crippen LogP contribution in [0.3, 0.4) is 0 Å². The molecular formula is C18H16N8O. The molecule has 0 saturated carbocycles. The molecule has 5 rings (SSSR count). The molecule has 134 valence electrons. The average Bonchev–Trinajstić information content (AvgIpc) is 3.35. The first-order valence-corrected chi connectivity index (χ1v) is 8.69. The van der Waals surface area contributed by atoms with Crippen molar-refractivity contribution in [3.63, 3.8) is 0 Å². The molecule has 0 bridgehead atoms. The van der Waals surface area contributed by atoms with Crippen LogP contribution >= 0.6 is 0 Å². The summed E-state index contributed by atoms with van der Waals surface area (Å²) in [5.41, 5.74) is 2.11. The highest BCUT2D eigenvalue weighted by molar-refractivity contribution is 5.94. The molecule has 4 heterocycles. The van der Waals surface area contributed by atoms with Crippen LogP contribution in [0.4, 0.5) is 0 Å². The number of amides is 1. The van der Waals surface area contributed by atoms with Crippen LogP contribution in [0.2, 0.25) is 0 Å². The largest absolute Gasteiger partial charge is 0.327 e. The number of carbonyl (C=O) groups is 1. The molecule has 4 aromatic rings. The molecule has 1 amide bonds. The van der Waals surface area contributed by atoms with Gasteiger partial charge in [-0.25, -0.2) is 9.67 Å². The molecule has 0 unspecified atom stereocenters. The van der Waals surface area contributed by atoms with Gasteiger partial charge in [-0.15, -0.1) is 5.10 Å². The maximum Gasteiger partial charge on any atom is 0.256 e. The fourth-order valence-electron chi connectivity index (χ4n) is 3.38. The van der Waals surface area contributed by atoms with Crippen LogP contribution in [0.5, 0.6) is 0 Å². The van der Waals surface area contributed by atoms with Gasteiger partial charge in [-0.2, -0.15) is 9.61 Å². The van der Waals surface area contributed by atoms with E-state index in [9.17, 15) is 4.79 Å². The van der Waals surface area contributed by atoms with E-state index in [0.29, 0.717) is 30.1 Å². The maximum atomic E-state index is 13.0. The van der Waals surface area contributed by atoms with Gasteiger partial charge < -0.3 is 4.90 Å². The molecule has 9 nitrogen and oxygen atoms in total. The molecule has 9 heteroatoms. The lowest BCUT2D eigenvalue weighted by Crippen LogP contribution is -2.41. The Hall–Kier alpha value is -3.62. The molecule has 1 aliphatic rings. The van der Waals surface area contributed by atoms with E-state index in [0.717, 1.165) is 11.4 Å². The molecule has 0 spiro atoms. The van der Waals surface area contributed by atoms with Gasteiger partial charge in [-0.1, -0.05) is 30.3 Å². The average molecular weight is 360 g/mol. The topological polar surface area (TPSA) is 94.1 Å². The number of fused-ring (bicyclic) bond motifs is 2. The van der Waals surface area contributed by atoms with Crippen molar-refractivity contribution in [3.8, 4) is 11.4 Å². The number of aromatic nitrogens is 7. The summed E-state index contributed by atoms with van der Waals surface area (Å²) < 4.78 is 3.39. The van der Waals surface area contributed by atoms with E-state index < -0.39 is 0 Å². The van der Waals surface area contributed by atoms with Gasteiger partial charge in [-0.05, 0) is 29.5 Å². The molecular weight excluding hydrogens is 344 g/mol. The van der Waals surface area contributed by atoms with Gasteiger partial charge in [0.15, 0.2) is 11.5 Å². The monoisotopic (exact) mass is 360 g/mol. The smallest absolute Gasteiger partial charge is 0.256 e. The number of hydrogen-bond acceptors (Lipinski definition) is 6. The number of benzene rings is 1. The molecule has 1 aromatic carbocycles. The third-order valence-corrected chi connectivity index (χ3v) is 4.83. The Kier molecular flexibility index (Phi) is 3.46. The highest BCUT2D eigenvalue weighted by Crippen LogP contribution is 2.27. The third-order valence-electron chi connectivity index (χ3n) is 4.83. The zero-order valence-corrected chi connectivity index (χ0v) is 14.6. The van der Waals surface area contributed by atoms with Crippen LogP contribution in [-0.4, -0.2) is 52.2 Å². The van der Waals surface area contributed by atoms with Gasteiger partial charge >= 0.3 is 0 Å². The summed E-state index contributed by atoms with van der Waals surface area (Å²) in [5.74, 6) is 1.40. The second-order valence-corrected chi connectivity index (χ2v) is 6.46. The van der Waals surface area contributed by atoms with E-state index in [1.54, 1.807) is 18.3 Å². The van der Waals surface area contributed by atoms with E-state index in [1.165, 1.54) is 4.52 Å². The van der Waals surface area contributed by atoms with Crippen LogP contribution in [0.1, 0.15) is 29.1 Å². The van der Waals surface area contributed by atoms with Gasteiger partial charge in [0, 0.05) is 18.3 Å². The van der Waals surface area contributed by atoms with E-state index in [4.69, 9.17) is 4.98 Å². The molecule has 0 radical (unpaired) electrons. The summed E-state index contributed by atoms with van der Waals surface area (Å²) in [6.45, 7) is 3.15. The number of tetrazole rings is 1. The summed E-state index contributed by atoms with van der Waals surface area (Å²) in [6.07, 6.45) is 1.65. The van der Waals surface area contributed by atoms with E-state index in [1.807, 2.05) is 46.8 Å². The zero-order valence-electron chi connectivity index (χ0n) is 14.6. The lowest BCUT2D eigenvalue weighted by molar-refractivity contribution is 0.0630. The fourth-order valence-corrected chi connectivity index (χ4v) is 3.38. The lowest BCUT2D eigenvalue weighted by atomic mass is 10.1. The predicted molar refractivity (Wildman–Crippen MR) is 95.7 cm³/mol. The molecule has 0 fully saturated rings. The van der Waals surface area contributed by atoms with Crippen molar-refractivity contribution in [1.82, 2.24) is 39.7 Å². The van der Waals surface area contributed by atoms with Crippen LogP contribution in [0.25, 0.3) is 17.0 Å². The minimum absolute atomic E-state index is 0.0737. The lowest BCUT2D eigenvalue weighted by Gasteiger charge is -2.32. The number of carbonyl (C=O) groups excluding carboxylic acids is 1. The van der Waals surface area contributed by atoms with E-state index in [2.05, 4.69) is 20.6 Å². The van der Waals surface area contributed by atoms with Gasteiger partial charge in [0.25, 0.3) is 5.91 Å². The molecule has 3 aromatic heterocycles. The summed E-state index contributed by atoms with van der Waals surface area (Å²) >= 11 is 0. The number of rotatable bonds is 2. The predicted octanol–water partition coefficient (Wildman–Crippen LogP) is 1.60. The number of hydrogen-bond donors (Lipinski definition) is 0. The zero-order chi connectivity index (χ0) is 18.4. The van der Waals surface area contributed by atoms with E-state index >= 15 is 0 Å². The minimum Gasteiger partial charge on any atom is -0.327 e. The second-order valence-electron chi connectivity index (χ2n) is 6.46. The Balaban J connectivity index is 1.46. The third kappa shape index (κ3) is 2.55. The Bertz CT molecular complexity index is 1130. The molecule has 0 aliphatic carbocycles. The van der Waals surface area contributed by atoms with Crippen LogP contribution in [0, 0.1) is 0 Å². The minimum atomic E-state index is -0.180. The van der Waals surface area contributed by atoms with Gasteiger partial charge in [0.05, 0.1) is 18.2 Å². The highest BCUT2D eigenvalue weighted by Gasteiger charge is 2.31. The molecule has 0 N–H and O–H groups in total.